The van der Waals surface area contributed by atoms with Gasteiger partial charge in [0.15, 0.2) is 0 Å². The van der Waals surface area contributed by atoms with Crippen LogP contribution in [0.4, 0.5) is 4.39 Å². The molecule has 0 aromatic heterocycles. The van der Waals surface area contributed by atoms with Crippen LogP contribution < -0.4 is 11.1 Å². The Morgan fingerprint density at radius 2 is 1.50 bits per heavy atom. The van der Waals surface area contributed by atoms with Gasteiger partial charge in [0.05, 0.1) is 0 Å². The van der Waals surface area contributed by atoms with Crippen molar-refractivity contribution in [3.8, 4) is 12.3 Å². The van der Waals surface area contributed by atoms with Gasteiger partial charge in [0.25, 0.3) is 0 Å². The lowest BCUT2D eigenvalue weighted by atomic mass is 10.0. The highest BCUT2D eigenvalue weighted by atomic mass is 19.1. The van der Waals surface area contributed by atoms with Gasteiger partial charge >= 0.3 is 0 Å². The third-order valence-corrected chi connectivity index (χ3v) is 5.51. The van der Waals surface area contributed by atoms with E-state index in [4.69, 9.17) is 12.2 Å². The minimum absolute atomic E-state index is 0.304. The van der Waals surface area contributed by atoms with Gasteiger partial charge in [-0.25, -0.2) is 4.39 Å². The number of halogens is 1. The molecule has 1 aromatic carbocycles. The van der Waals surface area contributed by atoms with Crippen molar-refractivity contribution in [1.82, 2.24) is 5.32 Å². The van der Waals surface area contributed by atoms with Crippen molar-refractivity contribution in [2.75, 3.05) is 13.6 Å². The predicted octanol–water partition coefficient (Wildman–Crippen LogP) is 11.6. The van der Waals surface area contributed by atoms with Crippen molar-refractivity contribution in [1.29, 1.82) is 0 Å². The number of hydrogen-bond acceptors (Lipinski definition) is 2. The first-order valence-corrected chi connectivity index (χ1v) is 16.0. The number of aryl methyl sites for hydroxylation is 2. The largest absolute Gasteiger partial charge is 0.402 e. The third-order valence-electron chi connectivity index (χ3n) is 5.51. The summed E-state index contributed by atoms with van der Waals surface area (Å²) in [6.45, 7) is 28.9. The van der Waals surface area contributed by atoms with Crippen LogP contribution in [0, 0.1) is 31.1 Å². The second kappa shape index (κ2) is 42.9. The molecular weight excluding hydrogens is 515 g/mol. The van der Waals surface area contributed by atoms with Crippen LogP contribution in [0.1, 0.15) is 118 Å². The van der Waals surface area contributed by atoms with Crippen LogP contribution in [0.2, 0.25) is 0 Å². The number of terminal acetylenes is 1. The zero-order valence-electron chi connectivity index (χ0n) is 29.6. The molecule has 1 aromatic rings. The van der Waals surface area contributed by atoms with Crippen LogP contribution in [0.15, 0.2) is 74.0 Å². The number of unbranched alkanes of at least 4 members (excludes halogenated alkanes) is 4. The zero-order chi connectivity index (χ0) is 33.6. The van der Waals surface area contributed by atoms with E-state index in [0.29, 0.717) is 30.4 Å². The molecule has 244 valence electrons. The van der Waals surface area contributed by atoms with Crippen LogP contribution in [0.5, 0.6) is 0 Å². The molecule has 0 radical (unpaired) electrons. The minimum atomic E-state index is -0.808. The Bertz CT molecular complexity index is 731. The van der Waals surface area contributed by atoms with E-state index in [1.54, 1.807) is 0 Å². The van der Waals surface area contributed by atoms with Crippen LogP contribution >= 0.6 is 0 Å². The highest BCUT2D eigenvalue weighted by Crippen LogP contribution is 2.13. The summed E-state index contributed by atoms with van der Waals surface area (Å²) in [5.41, 5.74) is 8.53. The molecule has 0 saturated heterocycles. The average Bonchev–Trinajstić information content (AvgIpc) is 2.98. The number of allylic oxidation sites excluding steroid dienone is 5. The molecule has 0 aliphatic rings. The highest BCUT2D eigenvalue weighted by molar-refractivity contribution is 5.21. The fourth-order valence-electron chi connectivity index (χ4n) is 3.23. The van der Waals surface area contributed by atoms with Gasteiger partial charge in [0.2, 0.25) is 0 Å². The molecule has 0 spiro atoms. The number of benzene rings is 1. The van der Waals surface area contributed by atoms with Crippen LogP contribution in [0.3, 0.4) is 0 Å². The number of hydrogen-bond donors (Lipinski definition) is 2. The molecule has 1 rings (SSSR count). The molecule has 0 bridgehead atoms. The summed E-state index contributed by atoms with van der Waals surface area (Å²) >= 11 is 0. The Kier molecular flexibility index (Phi) is 50.2. The zero-order valence-corrected chi connectivity index (χ0v) is 29.6. The predicted molar refractivity (Wildman–Crippen MR) is 195 cm³/mol. The van der Waals surface area contributed by atoms with Crippen molar-refractivity contribution in [3.05, 3.63) is 85.1 Å². The lowest BCUT2D eigenvalue weighted by Crippen LogP contribution is -2.10. The minimum Gasteiger partial charge on any atom is -0.402 e. The van der Waals surface area contributed by atoms with E-state index in [-0.39, 0.29) is 0 Å². The Morgan fingerprint density at radius 3 is 1.88 bits per heavy atom. The molecule has 0 aliphatic carbocycles. The van der Waals surface area contributed by atoms with Gasteiger partial charge in [0.1, 0.15) is 6.17 Å². The molecule has 0 amide bonds. The normalized spacial score (nSPS) is 11.0. The van der Waals surface area contributed by atoms with Gasteiger partial charge < -0.3 is 11.1 Å². The van der Waals surface area contributed by atoms with E-state index in [2.05, 4.69) is 76.0 Å². The van der Waals surface area contributed by atoms with E-state index in [9.17, 15) is 4.39 Å². The fraction of sp³-hybridized carbons (Fsp3) is 0.590. The van der Waals surface area contributed by atoms with Gasteiger partial charge in [-0.2, -0.15) is 0 Å². The van der Waals surface area contributed by atoms with Gasteiger partial charge in [0, 0.05) is 18.0 Å². The van der Waals surface area contributed by atoms with E-state index < -0.39 is 6.17 Å². The summed E-state index contributed by atoms with van der Waals surface area (Å²) < 4.78 is 12.8. The smallest absolute Gasteiger partial charge is 0.106 e. The molecule has 2 atom stereocenters. The molecule has 0 heterocycles. The highest BCUT2D eigenvalue weighted by Gasteiger charge is 2.08. The average molecular weight is 587 g/mol. The Hall–Kier alpha value is -2.57. The topological polar surface area (TPSA) is 38.0 Å². The standard InChI is InChI=1S/C14H22.C8H16FN.C7H13N.C6H10.C2H6.C2H4/c1-3-4-5-6-7-8-14-11-9-13(2)10-12-14;1-6(2)4-8(9)5-7(3)10;1-4-7(2)5-6-8-3;1-3-5-6-4-2;2*1-2/h9-12H,3-8H2,1-2H3;6,8H,3-5,10H2,1-2H3;1,7-8H,5-6H2,2-3H3;3-6H,1-2H3;1-2H3;1-2H2/b;;;5-3-,6-4-;;. The second-order valence-electron chi connectivity index (χ2n) is 10.3. The first-order chi connectivity index (χ1) is 20.1. The van der Waals surface area contributed by atoms with Crippen molar-refractivity contribution in [3.63, 3.8) is 0 Å². The maximum absolute atomic E-state index is 12.8. The number of nitrogens with two attached hydrogens (primary N) is 1. The molecule has 0 saturated carbocycles. The van der Waals surface area contributed by atoms with Gasteiger partial charge in [-0.15, -0.1) is 25.5 Å². The lowest BCUT2D eigenvalue weighted by Gasteiger charge is -2.09. The molecule has 2 unspecified atom stereocenters. The molecule has 0 aliphatic heterocycles. The third kappa shape index (κ3) is 50.3. The Balaban J connectivity index is -0.000000145. The SMILES string of the molecule is C#CC(C)CCNC.C/C=C\C=C/C.C=C.C=C(N)CC(F)CC(C)C.CC.CCCCCCCc1ccc(C)cc1. The Morgan fingerprint density at radius 1 is 1.00 bits per heavy atom. The Labute approximate surface area is 264 Å². The summed E-state index contributed by atoms with van der Waals surface area (Å²) in [6.07, 6.45) is 22.4. The molecule has 0 fully saturated rings. The quantitative estimate of drug-likeness (QED) is 0.0984. The summed E-state index contributed by atoms with van der Waals surface area (Å²) in [5, 5.41) is 3.04. The molecule has 42 heavy (non-hydrogen) atoms. The van der Waals surface area contributed by atoms with Crippen molar-refractivity contribution < 1.29 is 4.39 Å². The lowest BCUT2D eigenvalue weighted by molar-refractivity contribution is 0.280. The van der Waals surface area contributed by atoms with Gasteiger partial charge in [-0.05, 0) is 71.5 Å². The van der Waals surface area contributed by atoms with E-state index in [1.807, 2.05) is 72.9 Å². The summed E-state index contributed by atoms with van der Waals surface area (Å²) in [7, 11) is 1.93. The van der Waals surface area contributed by atoms with Crippen molar-refractivity contribution in [2.45, 2.75) is 126 Å². The summed E-state index contributed by atoms with van der Waals surface area (Å²) in [6, 6.07) is 8.94. The molecule has 3 N–H and O–H groups in total. The second-order valence-corrected chi connectivity index (χ2v) is 10.3. The van der Waals surface area contributed by atoms with Gasteiger partial charge in [-0.1, -0.05) is 128 Å². The molecular formula is C39H71FN2. The summed E-state index contributed by atoms with van der Waals surface area (Å²) in [5.74, 6) is 3.48. The van der Waals surface area contributed by atoms with Crippen LogP contribution in [-0.2, 0) is 6.42 Å². The first kappa shape index (κ1) is 49.1. The maximum Gasteiger partial charge on any atom is 0.106 e. The van der Waals surface area contributed by atoms with E-state index in [0.717, 1.165) is 13.0 Å². The van der Waals surface area contributed by atoms with E-state index in [1.165, 1.54) is 49.7 Å². The van der Waals surface area contributed by atoms with Crippen LogP contribution in [0.25, 0.3) is 0 Å². The first-order valence-electron chi connectivity index (χ1n) is 16.0. The van der Waals surface area contributed by atoms with Crippen molar-refractivity contribution >= 4 is 0 Å². The number of nitrogens with one attached hydrogen (secondary N) is 1. The molecule has 3 heteroatoms. The molecule has 2 nitrogen and oxygen atoms in total. The number of alkyl halides is 1. The summed E-state index contributed by atoms with van der Waals surface area (Å²) in [4.78, 5) is 0. The van der Waals surface area contributed by atoms with E-state index >= 15 is 0 Å². The fourth-order valence-corrected chi connectivity index (χ4v) is 3.23. The van der Waals surface area contributed by atoms with Gasteiger partial charge in [-0.3, -0.25) is 0 Å². The van der Waals surface area contributed by atoms with Crippen LogP contribution in [-0.4, -0.2) is 19.8 Å². The number of rotatable bonds is 14. The monoisotopic (exact) mass is 587 g/mol. The van der Waals surface area contributed by atoms with Crippen molar-refractivity contribution in [2.24, 2.45) is 17.6 Å². The maximum atomic E-state index is 12.8.